The number of hydrogen-bond acceptors (Lipinski definition) is 6. The zero-order valence-corrected chi connectivity index (χ0v) is 19.5. The summed E-state index contributed by atoms with van der Waals surface area (Å²) in [5.74, 6) is 0.298. The molecule has 0 saturated carbocycles. The van der Waals surface area contributed by atoms with Crippen molar-refractivity contribution in [3.63, 3.8) is 0 Å². The summed E-state index contributed by atoms with van der Waals surface area (Å²) in [5, 5.41) is 5.52. The maximum Gasteiger partial charge on any atom is 0.262 e. The monoisotopic (exact) mass is 493 g/mol. The Morgan fingerprint density at radius 3 is 2.61 bits per heavy atom. The number of carbonyl (C=O) groups is 2. The fraction of sp³-hybridized carbons (Fsp3) is 0.364. The van der Waals surface area contributed by atoms with E-state index >= 15 is 0 Å². The Kier molecular flexibility index (Phi) is 6.78. The number of nitrogens with zero attached hydrogens (tertiary/aromatic N) is 1. The number of sulfonamides is 1. The van der Waals surface area contributed by atoms with Crippen LogP contribution in [0.1, 0.15) is 18.4 Å². The summed E-state index contributed by atoms with van der Waals surface area (Å²) in [6.45, 7) is 0.607. The molecule has 2 amide bonds. The minimum Gasteiger partial charge on any atom is -0.497 e. The van der Waals surface area contributed by atoms with Gasteiger partial charge < -0.3 is 20.1 Å². The maximum absolute atomic E-state index is 13.2. The number of fused-ring (bicyclic) bond motifs is 1. The first-order valence-corrected chi connectivity index (χ1v) is 12.3. The lowest BCUT2D eigenvalue weighted by atomic mass is 9.97. The van der Waals surface area contributed by atoms with Crippen LogP contribution in [-0.2, 0) is 26.2 Å². The molecule has 0 radical (unpaired) electrons. The molecule has 1 fully saturated rings. The molecule has 2 aliphatic heterocycles. The molecule has 2 aliphatic rings. The van der Waals surface area contributed by atoms with Gasteiger partial charge in [0.1, 0.15) is 16.4 Å². The van der Waals surface area contributed by atoms with Gasteiger partial charge in [0.15, 0.2) is 6.61 Å². The molecule has 1 saturated heterocycles. The van der Waals surface area contributed by atoms with Crippen LogP contribution in [0.3, 0.4) is 0 Å². The van der Waals surface area contributed by atoms with E-state index in [-0.39, 0.29) is 53.1 Å². The minimum absolute atomic E-state index is 0.00101. The van der Waals surface area contributed by atoms with Crippen LogP contribution in [0.25, 0.3) is 0 Å². The summed E-state index contributed by atoms with van der Waals surface area (Å²) in [6, 6.07) is 10.1. The Labute approximate surface area is 197 Å². The van der Waals surface area contributed by atoms with Crippen molar-refractivity contribution in [2.24, 2.45) is 5.92 Å². The number of ether oxygens (including phenoxy) is 2. The lowest BCUT2D eigenvalue weighted by Gasteiger charge is -2.31. The number of rotatable bonds is 6. The average Bonchev–Trinajstić information content (AvgIpc) is 2.82. The fourth-order valence-electron chi connectivity index (χ4n) is 3.85. The van der Waals surface area contributed by atoms with Crippen molar-refractivity contribution in [2.45, 2.75) is 24.3 Å². The van der Waals surface area contributed by atoms with E-state index in [0.717, 1.165) is 11.3 Å². The van der Waals surface area contributed by atoms with Crippen molar-refractivity contribution in [3.8, 4) is 11.5 Å². The van der Waals surface area contributed by atoms with Crippen molar-refractivity contribution in [1.29, 1.82) is 0 Å². The van der Waals surface area contributed by atoms with E-state index in [4.69, 9.17) is 21.1 Å². The lowest BCUT2D eigenvalue weighted by molar-refractivity contribution is -0.126. The van der Waals surface area contributed by atoms with Crippen LogP contribution >= 0.6 is 11.6 Å². The van der Waals surface area contributed by atoms with Crippen LogP contribution in [0, 0.1) is 5.92 Å². The van der Waals surface area contributed by atoms with E-state index in [1.54, 1.807) is 7.11 Å². The predicted octanol–water partition coefficient (Wildman–Crippen LogP) is 2.40. The van der Waals surface area contributed by atoms with Gasteiger partial charge in [0.2, 0.25) is 15.9 Å². The van der Waals surface area contributed by atoms with Crippen LogP contribution in [0.2, 0.25) is 5.02 Å². The Bertz CT molecular complexity index is 1160. The molecule has 33 heavy (non-hydrogen) atoms. The number of benzene rings is 2. The molecular formula is C22H24ClN3O6S. The highest BCUT2D eigenvalue weighted by molar-refractivity contribution is 7.89. The Morgan fingerprint density at radius 2 is 1.94 bits per heavy atom. The topological polar surface area (TPSA) is 114 Å². The van der Waals surface area contributed by atoms with Gasteiger partial charge in [-0.1, -0.05) is 23.7 Å². The van der Waals surface area contributed by atoms with Gasteiger partial charge >= 0.3 is 0 Å². The first-order valence-electron chi connectivity index (χ1n) is 10.4. The molecule has 9 nitrogen and oxygen atoms in total. The van der Waals surface area contributed by atoms with Gasteiger partial charge in [-0.3, -0.25) is 9.59 Å². The zero-order chi connectivity index (χ0) is 23.6. The van der Waals surface area contributed by atoms with Crippen molar-refractivity contribution in [1.82, 2.24) is 9.62 Å². The van der Waals surface area contributed by atoms with Crippen molar-refractivity contribution in [3.05, 3.63) is 47.0 Å². The Hall–Kier alpha value is -2.82. The third-order valence-electron chi connectivity index (χ3n) is 5.74. The van der Waals surface area contributed by atoms with E-state index in [1.165, 1.54) is 16.4 Å². The molecule has 0 aliphatic carbocycles. The van der Waals surface area contributed by atoms with Gasteiger partial charge in [-0.2, -0.15) is 4.31 Å². The molecular weight excluding hydrogens is 470 g/mol. The third-order valence-corrected chi connectivity index (χ3v) is 8.10. The highest BCUT2D eigenvalue weighted by Gasteiger charge is 2.34. The highest BCUT2D eigenvalue weighted by Crippen LogP contribution is 2.37. The quantitative estimate of drug-likeness (QED) is 0.638. The second-order valence-corrected chi connectivity index (χ2v) is 10.2. The molecule has 0 atom stereocenters. The first kappa shape index (κ1) is 23.3. The summed E-state index contributed by atoms with van der Waals surface area (Å²) in [4.78, 5) is 24.0. The minimum atomic E-state index is -3.89. The van der Waals surface area contributed by atoms with Crippen LogP contribution in [0.5, 0.6) is 11.5 Å². The molecule has 0 unspecified atom stereocenters. The molecule has 0 aromatic heterocycles. The average molecular weight is 494 g/mol. The number of hydrogen-bond donors (Lipinski definition) is 2. The standard InChI is InChI=1S/C22H24ClN3O6S/c1-31-16-4-2-14(3-5-16)12-24-22(28)15-6-8-26(9-7-15)33(29,30)20-11-19-18(10-17(20)23)25-21(27)13-32-19/h2-5,10-11,15H,6-9,12-13H2,1H3,(H,24,28)(H,25,27). The van der Waals surface area contributed by atoms with E-state index in [1.807, 2.05) is 24.3 Å². The van der Waals surface area contributed by atoms with Crippen molar-refractivity contribution < 1.29 is 27.5 Å². The van der Waals surface area contributed by atoms with Crippen LogP contribution in [0.4, 0.5) is 5.69 Å². The molecule has 4 rings (SSSR count). The smallest absolute Gasteiger partial charge is 0.262 e. The van der Waals surface area contributed by atoms with Gasteiger partial charge in [-0.25, -0.2) is 8.42 Å². The largest absolute Gasteiger partial charge is 0.497 e. The van der Waals surface area contributed by atoms with E-state index in [0.29, 0.717) is 25.1 Å². The molecule has 11 heteroatoms. The van der Waals surface area contributed by atoms with Gasteiger partial charge in [-0.15, -0.1) is 0 Å². The van der Waals surface area contributed by atoms with Gasteiger partial charge in [-0.05, 0) is 36.6 Å². The van der Waals surface area contributed by atoms with E-state index in [2.05, 4.69) is 10.6 Å². The van der Waals surface area contributed by atoms with Crippen molar-refractivity contribution in [2.75, 3.05) is 32.1 Å². The molecule has 2 aromatic rings. The number of nitrogens with one attached hydrogen (secondary N) is 2. The highest BCUT2D eigenvalue weighted by atomic mass is 35.5. The number of methoxy groups -OCH3 is 1. The lowest BCUT2D eigenvalue weighted by Crippen LogP contribution is -2.43. The van der Waals surface area contributed by atoms with Gasteiger partial charge in [0.25, 0.3) is 5.91 Å². The maximum atomic E-state index is 13.2. The number of carbonyl (C=O) groups excluding carboxylic acids is 2. The predicted molar refractivity (Wildman–Crippen MR) is 122 cm³/mol. The summed E-state index contributed by atoms with van der Waals surface area (Å²) in [6.07, 6.45) is 0.811. The summed E-state index contributed by atoms with van der Waals surface area (Å²) in [5.41, 5.74) is 1.28. The van der Waals surface area contributed by atoms with Crippen LogP contribution in [0.15, 0.2) is 41.3 Å². The van der Waals surface area contributed by atoms with Crippen LogP contribution < -0.4 is 20.1 Å². The number of anilines is 1. The SMILES string of the molecule is COc1ccc(CNC(=O)C2CCN(S(=O)(=O)c3cc4c(cc3Cl)NC(=O)CO4)CC2)cc1. The Morgan fingerprint density at radius 1 is 1.24 bits per heavy atom. The van der Waals surface area contributed by atoms with E-state index in [9.17, 15) is 18.0 Å². The van der Waals surface area contributed by atoms with Crippen molar-refractivity contribution >= 4 is 39.1 Å². The summed E-state index contributed by atoms with van der Waals surface area (Å²) < 4.78 is 38.2. The van der Waals surface area contributed by atoms with Gasteiger partial charge in [0.05, 0.1) is 17.8 Å². The molecule has 2 heterocycles. The number of halogens is 1. The number of piperidine rings is 1. The van der Waals surface area contributed by atoms with Crippen LogP contribution in [-0.4, -0.2) is 51.3 Å². The second-order valence-electron chi connectivity index (χ2n) is 7.86. The normalized spacial score (nSPS) is 17.0. The molecule has 0 bridgehead atoms. The zero-order valence-electron chi connectivity index (χ0n) is 18.0. The third kappa shape index (κ3) is 5.07. The fourth-order valence-corrected chi connectivity index (χ4v) is 5.84. The van der Waals surface area contributed by atoms with Gasteiger partial charge in [0, 0.05) is 31.6 Å². The van der Waals surface area contributed by atoms with E-state index < -0.39 is 10.0 Å². The summed E-state index contributed by atoms with van der Waals surface area (Å²) >= 11 is 6.23. The Balaban J connectivity index is 1.36. The molecule has 2 aromatic carbocycles. The molecule has 2 N–H and O–H groups in total. The molecule has 0 spiro atoms. The second kappa shape index (κ2) is 9.58. The first-order chi connectivity index (χ1) is 15.8. The molecule has 176 valence electrons. The summed E-state index contributed by atoms with van der Waals surface area (Å²) in [7, 11) is -2.29. The number of amides is 2.